The minimum atomic E-state index is 0.996. The molecule has 0 amide bonds. The van der Waals surface area contributed by atoms with Crippen LogP contribution in [0.15, 0.2) is 170 Å². The van der Waals surface area contributed by atoms with Crippen molar-refractivity contribution in [3.05, 3.63) is 175 Å². The molecule has 0 radical (unpaired) electrons. The van der Waals surface area contributed by atoms with E-state index in [1.165, 1.54) is 70.7 Å². The van der Waals surface area contributed by atoms with Gasteiger partial charge in [0.25, 0.3) is 0 Å². The summed E-state index contributed by atoms with van der Waals surface area (Å²) in [6, 6.07) is 55.2. The summed E-state index contributed by atoms with van der Waals surface area (Å²) < 4.78 is 4.92. The Balaban J connectivity index is 1.24. The second-order valence-corrected chi connectivity index (χ2v) is 14.3. The molecule has 4 nitrogen and oxygen atoms in total. The summed E-state index contributed by atoms with van der Waals surface area (Å²) in [6.07, 6.45) is 8.55. The van der Waals surface area contributed by atoms with E-state index in [4.69, 9.17) is 4.98 Å². The molecule has 0 spiro atoms. The van der Waals surface area contributed by atoms with E-state index in [0.717, 1.165) is 39.1 Å². The van der Waals surface area contributed by atoms with E-state index in [-0.39, 0.29) is 0 Å². The van der Waals surface area contributed by atoms with Crippen molar-refractivity contribution in [2.75, 3.05) is 4.90 Å². The zero-order chi connectivity index (χ0) is 35.5. The normalized spacial score (nSPS) is 12.8. The van der Waals surface area contributed by atoms with Crippen LogP contribution in [0, 0.1) is 0 Å². The summed E-state index contributed by atoms with van der Waals surface area (Å²) in [5.41, 5.74) is 12.5. The van der Waals surface area contributed by atoms with Gasteiger partial charge in [-0.15, -0.1) is 0 Å². The molecule has 0 fully saturated rings. The second-order valence-electron chi connectivity index (χ2n) is 14.3. The zero-order valence-electron chi connectivity index (χ0n) is 29.5. The molecule has 0 aliphatic rings. The highest BCUT2D eigenvalue weighted by molar-refractivity contribution is 6.29. The van der Waals surface area contributed by atoms with Crippen molar-refractivity contribution >= 4 is 110 Å². The van der Waals surface area contributed by atoms with Crippen molar-refractivity contribution in [1.82, 2.24) is 13.8 Å². The highest BCUT2D eigenvalue weighted by Crippen LogP contribution is 2.47. The fourth-order valence-electron chi connectivity index (χ4n) is 9.22. The fraction of sp³-hybridized carbons (Fsp3) is 0.0200. The lowest BCUT2D eigenvalue weighted by atomic mass is 10.0. The summed E-state index contributed by atoms with van der Waals surface area (Å²) in [7, 11) is 0. The monoisotopic (exact) mass is 688 g/mol. The summed E-state index contributed by atoms with van der Waals surface area (Å²) in [4.78, 5) is 8.07. The van der Waals surface area contributed by atoms with Gasteiger partial charge in [0.2, 0.25) is 0 Å². The molecule has 4 heteroatoms. The van der Waals surface area contributed by atoms with E-state index in [2.05, 4.69) is 197 Å². The standard InChI is InChI=1S/C50H32N4/c1-2-3-6-15-31-26-27-38-40-30-44-46(51-50(40)54-43-29-33-17-12-11-16-32(33)28-41(43)45(31)49(38)54)39-24-13-22-36-37-23-14-25-42(48(37)53(44)47(36)39)52(34-18-7-4-8-19-34)35-20-9-5-10-21-35/h2-30H,1H3/b3-2-,15-6-. The summed E-state index contributed by atoms with van der Waals surface area (Å²) in [5, 5.41) is 11.0. The molecule has 5 aromatic heterocycles. The lowest BCUT2D eigenvalue weighted by molar-refractivity contribution is 1.27. The van der Waals surface area contributed by atoms with E-state index in [0.29, 0.717) is 0 Å². The number of fused-ring (bicyclic) bond motifs is 13. The van der Waals surface area contributed by atoms with Crippen molar-refractivity contribution in [1.29, 1.82) is 0 Å². The van der Waals surface area contributed by atoms with Crippen LogP contribution in [-0.2, 0) is 0 Å². The molecular formula is C50H32N4. The third-order valence-corrected chi connectivity index (χ3v) is 11.4. The first-order valence-electron chi connectivity index (χ1n) is 18.6. The topological polar surface area (TPSA) is 24.9 Å². The third kappa shape index (κ3) is 3.84. The van der Waals surface area contributed by atoms with Crippen LogP contribution in [0.1, 0.15) is 12.5 Å². The van der Waals surface area contributed by atoms with Crippen LogP contribution in [-0.4, -0.2) is 13.8 Å². The van der Waals surface area contributed by atoms with Crippen molar-refractivity contribution in [3.63, 3.8) is 0 Å². The Morgan fingerprint density at radius 2 is 1.17 bits per heavy atom. The molecule has 5 heterocycles. The van der Waals surface area contributed by atoms with E-state index < -0.39 is 0 Å². The maximum atomic E-state index is 5.69. The number of para-hydroxylation sites is 4. The SMILES string of the molecule is C/C=C\C=C/c1ccc2c3cc4c(nc3n3c5cc6ccccc6cc5c1c23)c1cccc2c3cccc(N(c5ccccc5)c5ccccc5)c3n4c21. The highest BCUT2D eigenvalue weighted by atomic mass is 15.2. The van der Waals surface area contributed by atoms with Gasteiger partial charge < -0.3 is 9.30 Å². The van der Waals surface area contributed by atoms with Crippen molar-refractivity contribution in [3.8, 4) is 0 Å². The van der Waals surface area contributed by atoms with Crippen molar-refractivity contribution < 1.29 is 0 Å². The Kier molecular flexibility index (Phi) is 5.95. The van der Waals surface area contributed by atoms with Crippen LogP contribution >= 0.6 is 0 Å². The van der Waals surface area contributed by atoms with Crippen LogP contribution in [0.4, 0.5) is 17.1 Å². The molecule has 252 valence electrons. The molecule has 12 aromatic rings. The Labute approximate surface area is 310 Å². The van der Waals surface area contributed by atoms with Gasteiger partial charge in [0.15, 0.2) is 0 Å². The molecule has 54 heavy (non-hydrogen) atoms. The van der Waals surface area contributed by atoms with Gasteiger partial charge in [0.05, 0.1) is 38.8 Å². The molecule has 0 bridgehead atoms. The average Bonchev–Trinajstić information content (AvgIpc) is 3.94. The van der Waals surface area contributed by atoms with Gasteiger partial charge in [-0.2, -0.15) is 0 Å². The van der Waals surface area contributed by atoms with Crippen LogP contribution < -0.4 is 4.90 Å². The minimum Gasteiger partial charge on any atom is -0.308 e. The van der Waals surface area contributed by atoms with Gasteiger partial charge in [0, 0.05) is 49.1 Å². The molecule has 0 aliphatic heterocycles. The van der Waals surface area contributed by atoms with Gasteiger partial charge in [-0.25, -0.2) is 4.98 Å². The molecule has 0 atom stereocenters. The van der Waals surface area contributed by atoms with Crippen molar-refractivity contribution in [2.45, 2.75) is 6.92 Å². The quantitative estimate of drug-likeness (QED) is 0.168. The van der Waals surface area contributed by atoms with Crippen LogP contribution in [0.5, 0.6) is 0 Å². The molecule has 0 saturated carbocycles. The maximum Gasteiger partial charge on any atom is 0.146 e. The fourth-order valence-corrected chi connectivity index (χ4v) is 9.22. The lowest BCUT2D eigenvalue weighted by Crippen LogP contribution is -2.10. The molecule has 0 N–H and O–H groups in total. The van der Waals surface area contributed by atoms with Crippen LogP contribution in [0.2, 0.25) is 0 Å². The number of aromatic nitrogens is 3. The zero-order valence-corrected chi connectivity index (χ0v) is 29.5. The predicted octanol–water partition coefficient (Wildman–Crippen LogP) is 13.6. The first-order valence-corrected chi connectivity index (χ1v) is 18.6. The van der Waals surface area contributed by atoms with E-state index in [9.17, 15) is 0 Å². The predicted molar refractivity (Wildman–Crippen MR) is 230 cm³/mol. The second kappa shape index (κ2) is 10.9. The van der Waals surface area contributed by atoms with E-state index in [1.54, 1.807) is 0 Å². The molecule has 0 unspecified atom stereocenters. The van der Waals surface area contributed by atoms with Gasteiger partial charge in [-0.1, -0.05) is 127 Å². The third-order valence-electron chi connectivity index (χ3n) is 11.4. The van der Waals surface area contributed by atoms with E-state index >= 15 is 0 Å². The number of benzene rings is 7. The number of allylic oxidation sites excluding steroid dienone is 3. The largest absolute Gasteiger partial charge is 0.308 e. The summed E-state index contributed by atoms with van der Waals surface area (Å²) in [5.74, 6) is 0. The number of anilines is 3. The summed E-state index contributed by atoms with van der Waals surface area (Å²) in [6.45, 7) is 2.06. The average molecular weight is 689 g/mol. The lowest BCUT2D eigenvalue weighted by Gasteiger charge is -2.26. The summed E-state index contributed by atoms with van der Waals surface area (Å²) >= 11 is 0. The Bertz CT molecular complexity index is 3460. The van der Waals surface area contributed by atoms with Crippen molar-refractivity contribution in [2.24, 2.45) is 0 Å². The van der Waals surface area contributed by atoms with Gasteiger partial charge in [0.1, 0.15) is 5.65 Å². The maximum absolute atomic E-state index is 5.69. The van der Waals surface area contributed by atoms with Gasteiger partial charge >= 0.3 is 0 Å². The molecule has 7 aromatic carbocycles. The first-order chi connectivity index (χ1) is 26.8. The van der Waals surface area contributed by atoms with Gasteiger partial charge in [-0.3, -0.25) is 4.40 Å². The smallest absolute Gasteiger partial charge is 0.146 e. The first kappa shape index (κ1) is 29.4. The van der Waals surface area contributed by atoms with Crippen LogP contribution in [0.3, 0.4) is 0 Å². The minimum absolute atomic E-state index is 0.996. The molecule has 12 rings (SSSR count). The highest BCUT2D eigenvalue weighted by Gasteiger charge is 2.26. The molecule has 0 saturated heterocycles. The van der Waals surface area contributed by atoms with E-state index in [1.807, 2.05) is 0 Å². The number of pyridine rings is 1. The van der Waals surface area contributed by atoms with Gasteiger partial charge in [-0.05, 0) is 71.8 Å². The number of hydrogen-bond acceptors (Lipinski definition) is 2. The Morgan fingerprint density at radius 3 is 1.93 bits per heavy atom. The molecule has 0 aliphatic carbocycles. The Morgan fingerprint density at radius 1 is 0.500 bits per heavy atom. The van der Waals surface area contributed by atoms with Crippen LogP contribution in [0.25, 0.3) is 93.3 Å². The number of hydrogen-bond donors (Lipinski definition) is 0. The molecular weight excluding hydrogens is 657 g/mol. The number of rotatable bonds is 5. The Hall–Kier alpha value is -7.17. The number of nitrogens with zero attached hydrogens (tertiary/aromatic N) is 4.